The molecule has 0 fully saturated rings. The van der Waals surface area contributed by atoms with Crippen molar-refractivity contribution in [2.24, 2.45) is 4.99 Å². The van der Waals surface area contributed by atoms with Crippen molar-refractivity contribution < 1.29 is 19.1 Å². The first kappa shape index (κ1) is 25.8. The quantitative estimate of drug-likeness (QED) is 0.385. The van der Waals surface area contributed by atoms with Crippen molar-refractivity contribution in [1.29, 1.82) is 0 Å². The third-order valence-electron chi connectivity index (χ3n) is 3.47. The van der Waals surface area contributed by atoms with Crippen LogP contribution < -0.4 is 9.99 Å². The average molecular weight is 551 g/mol. The summed E-state index contributed by atoms with van der Waals surface area (Å²) in [4.78, 5) is 29.5. The molecule has 2 aromatic rings. The van der Waals surface area contributed by atoms with Gasteiger partial charge < -0.3 is 14.8 Å². The second kappa shape index (κ2) is 10.4. The van der Waals surface area contributed by atoms with E-state index in [4.69, 9.17) is 21.1 Å². The number of nitrogens with one attached hydrogen (secondary N) is 1. The smallest absolute Gasteiger partial charge is 0.408 e. The van der Waals surface area contributed by atoms with E-state index in [0.29, 0.717) is 15.5 Å². The van der Waals surface area contributed by atoms with Crippen molar-refractivity contribution in [3.63, 3.8) is 0 Å². The summed E-state index contributed by atoms with van der Waals surface area (Å²) >= 11 is 9.53. The van der Waals surface area contributed by atoms with Crippen molar-refractivity contribution in [3.05, 3.63) is 38.1 Å². The van der Waals surface area contributed by atoms with Gasteiger partial charge in [-0.25, -0.2) is 14.6 Å². The Balaban J connectivity index is 2.24. The summed E-state index contributed by atoms with van der Waals surface area (Å²) in [5, 5.41) is 2.98. The van der Waals surface area contributed by atoms with Gasteiger partial charge in [-0.2, -0.15) is 4.37 Å². The fourth-order valence-electron chi connectivity index (χ4n) is 2.35. The Hall–Kier alpha value is -1.49. The van der Waals surface area contributed by atoms with Crippen LogP contribution in [0, 0.1) is 0 Å². The Labute approximate surface area is 202 Å². The molecule has 7 nitrogen and oxygen atoms in total. The monoisotopic (exact) mass is 549 g/mol. The van der Waals surface area contributed by atoms with Crippen LogP contribution in [0.4, 0.5) is 10.5 Å². The summed E-state index contributed by atoms with van der Waals surface area (Å²) in [6.45, 7) is 10.6. The first-order chi connectivity index (χ1) is 14.2. The maximum Gasteiger partial charge on any atom is 0.408 e. The minimum atomic E-state index is -0.915. The molecule has 1 aromatic heterocycles. The Morgan fingerprint density at radius 2 is 1.84 bits per heavy atom. The number of halogens is 2. The van der Waals surface area contributed by atoms with Gasteiger partial charge in [0.25, 0.3) is 0 Å². The van der Waals surface area contributed by atoms with Crippen LogP contribution in [0.1, 0.15) is 47.1 Å². The Bertz CT molecular complexity index is 1010. The van der Waals surface area contributed by atoms with E-state index in [9.17, 15) is 9.59 Å². The second-order valence-corrected chi connectivity index (χ2v) is 11.7. The van der Waals surface area contributed by atoms with Gasteiger partial charge in [0, 0.05) is 21.4 Å². The molecule has 2 rings (SSSR count). The minimum absolute atomic E-state index is 0.219. The third-order valence-corrected chi connectivity index (χ3v) is 6.27. The van der Waals surface area contributed by atoms with Gasteiger partial charge in [-0.1, -0.05) is 17.7 Å². The molecular weight excluding hydrogens is 526 g/mol. The van der Waals surface area contributed by atoms with Crippen molar-refractivity contribution in [1.82, 2.24) is 9.69 Å². The Morgan fingerprint density at radius 1 is 1.19 bits per heavy atom. The van der Waals surface area contributed by atoms with E-state index < -0.39 is 29.3 Å². The first-order valence-electron chi connectivity index (χ1n) is 9.40. The zero-order valence-electron chi connectivity index (χ0n) is 18.1. The van der Waals surface area contributed by atoms with Crippen LogP contribution in [0.15, 0.2) is 27.7 Å². The van der Waals surface area contributed by atoms with Gasteiger partial charge >= 0.3 is 12.1 Å². The van der Waals surface area contributed by atoms with Gasteiger partial charge in [-0.15, -0.1) is 0 Å². The number of nitrogens with zero attached hydrogens (tertiary/aromatic N) is 2. The van der Waals surface area contributed by atoms with E-state index in [2.05, 4.69) is 30.6 Å². The maximum atomic E-state index is 12.7. The highest BCUT2D eigenvalue weighted by Gasteiger charge is 2.29. The molecular formula is C20H25BrClN3O4S2. The van der Waals surface area contributed by atoms with Crippen LogP contribution in [0.2, 0.25) is 5.15 Å². The lowest BCUT2D eigenvalue weighted by Gasteiger charge is -2.26. The van der Waals surface area contributed by atoms with Crippen LogP contribution in [0.5, 0.6) is 0 Å². The first-order valence-corrected chi connectivity index (χ1v) is 12.7. The molecule has 0 radical (unpaired) electrons. The number of rotatable bonds is 5. The van der Waals surface area contributed by atoms with Crippen molar-refractivity contribution in [3.8, 4) is 0 Å². The van der Waals surface area contributed by atoms with Crippen LogP contribution >= 0.6 is 48.4 Å². The predicted octanol–water partition coefficient (Wildman–Crippen LogP) is 5.63. The van der Waals surface area contributed by atoms with E-state index in [0.717, 1.165) is 10.0 Å². The summed E-state index contributed by atoms with van der Waals surface area (Å²) in [6, 6.07) is 4.56. The molecule has 0 unspecified atom stereocenters. The Morgan fingerprint density at radius 3 is 2.35 bits per heavy atom. The molecule has 0 bridgehead atoms. The number of carbonyl (C=O) groups is 2. The summed E-state index contributed by atoms with van der Waals surface area (Å²) in [6.07, 6.45) is -0.466. The number of benzene rings is 1. The molecule has 0 aliphatic carbocycles. The number of carbonyl (C=O) groups excluding carboxylic acids is 2. The van der Waals surface area contributed by atoms with E-state index in [-0.39, 0.29) is 6.42 Å². The van der Waals surface area contributed by atoms with Gasteiger partial charge in [0.05, 0.1) is 5.69 Å². The highest BCUT2D eigenvalue weighted by atomic mass is 79.9. The lowest BCUT2D eigenvalue weighted by atomic mass is 10.1. The van der Waals surface area contributed by atoms with Gasteiger partial charge in [-0.3, -0.25) is 0 Å². The molecule has 1 amide bonds. The van der Waals surface area contributed by atoms with E-state index in [1.807, 2.05) is 12.1 Å². The van der Waals surface area contributed by atoms with Crippen molar-refractivity contribution in [2.45, 2.75) is 65.2 Å². The number of esters is 1. The fraction of sp³-hybridized carbons (Fsp3) is 0.500. The Kier molecular flexibility index (Phi) is 8.66. The number of hydrogen-bond donors (Lipinski definition) is 1. The van der Waals surface area contributed by atoms with Crippen LogP contribution in [-0.4, -0.2) is 33.7 Å². The van der Waals surface area contributed by atoms with Crippen molar-refractivity contribution in [2.75, 3.05) is 0 Å². The lowest BCUT2D eigenvalue weighted by Crippen LogP contribution is -2.47. The zero-order chi connectivity index (χ0) is 23.4. The largest absolute Gasteiger partial charge is 0.458 e. The van der Waals surface area contributed by atoms with Crippen LogP contribution in [0.3, 0.4) is 0 Å². The average Bonchev–Trinajstić information content (AvgIpc) is 2.98. The predicted molar refractivity (Wildman–Crippen MR) is 127 cm³/mol. The molecule has 11 heteroatoms. The zero-order valence-corrected chi connectivity index (χ0v) is 22.1. The molecule has 31 heavy (non-hydrogen) atoms. The van der Waals surface area contributed by atoms with E-state index in [1.54, 1.807) is 47.6 Å². The van der Waals surface area contributed by atoms with Gasteiger partial charge in [0.1, 0.15) is 17.2 Å². The molecule has 0 aliphatic rings. The van der Waals surface area contributed by atoms with E-state index >= 15 is 0 Å². The van der Waals surface area contributed by atoms with Crippen LogP contribution in [0.25, 0.3) is 0 Å². The minimum Gasteiger partial charge on any atom is -0.458 e. The molecule has 0 aliphatic heterocycles. The number of aromatic nitrogens is 1. The summed E-state index contributed by atoms with van der Waals surface area (Å²) in [5.74, 6) is -0.541. The topological polar surface area (TPSA) is 89.9 Å². The van der Waals surface area contributed by atoms with Gasteiger partial charge in [0.15, 0.2) is 9.82 Å². The van der Waals surface area contributed by atoms with Gasteiger partial charge in [-0.05, 0) is 85.5 Å². The molecule has 0 saturated heterocycles. The normalized spacial score (nSPS) is 13.6. The standard InChI is InChI=1S/C20H25BrClN3O4S2/c1-19(2,3)28-17(26)14(24-18(27)29-20(4,5)6)10-11-7-8-13(12(21)9-11)23-16-15(22)25-31-30-16/h7-9,14H,10H2,1-6H3,(H,24,27)/t14-/m0/s1. The number of ether oxygens (including phenoxy) is 2. The number of alkyl carbamates (subject to hydrolysis) is 1. The molecule has 1 atom stereocenters. The molecule has 1 heterocycles. The second-order valence-electron chi connectivity index (χ2n) is 8.68. The summed E-state index contributed by atoms with van der Waals surface area (Å²) in [7, 11) is 2.64. The molecule has 170 valence electrons. The van der Waals surface area contributed by atoms with Gasteiger partial charge in [0.2, 0.25) is 0 Å². The fourth-order valence-corrected chi connectivity index (χ4v) is 4.85. The van der Waals surface area contributed by atoms with Crippen molar-refractivity contribution >= 4 is 66.2 Å². The summed E-state index contributed by atoms with van der Waals surface area (Å²) in [5.41, 5.74) is 0.101. The SMILES string of the molecule is CC(C)(C)OC(=O)N[C@@H](Cc1ccc(N=c2ssnc2Cl)c(Br)c1)C(=O)OC(C)(C)C. The molecule has 0 saturated carbocycles. The highest BCUT2D eigenvalue weighted by Crippen LogP contribution is 2.27. The number of amides is 1. The molecule has 1 aromatic carbocycles. The summed E-state index contributed by atoms with van der Waals surface area (Å²) < 4.78 is 16.1. The maximum absolute atomic E-state index is 12.7. The molecule has 1 N–H and O–H groups in total. The van der Waals surface area contributed by atoms with Crippen LogP contribution in [-0.2, 0) is 20.7 Å². The third kappa shape index (κ3) is 8.88. The number of hydrogen-bond acceptors (Lipinski definition) is 8. The highest BCUT2D eigenvalue weighted by molar-refractivity contribution is 9.10. The lowest BCUT2D eigenvalue weighted by molar-refractivity contribution is -0.157. The molecule has 0 spiro atoms. The van der Waals surface area contributed by atoms with E-state index in [1.165, 1.54) is 20.9 Å².